The number of carbonyl (C=O) groups is 1. The molecule has 1 aliphatic carbocycles. The number of amides is 1. The third kappa shape index (κ3) is 4.42. The lowest BCUT2D eigenvalue weighted by atomic mass is 10.00. The van der Waals surface area contributed by atoms with Crippen LogP contribution in [0.25, 0.3) is 0 Å². The average molecular weight is 344 g/mol. The van der Waals surface area contributed by atoms with Gasteiger partial charge in [0.25, 0.3) is 0 Å². The Hall–Kier alpha value is -2.27. The van der Waals surface area contributed by atoms with Gasteiger partial charge in [-0.3, -0.25) is 10.1 Å². The number of benzene rings is 2. The number of hydrogen-bond donors (Lipinski definition) is 2. The summed E-state index contributed by atoms with van der Waals surface area (Å²) in [6, 6.07) is 10.8. The summed E-state index contributed by atoms with van der Waals surface area (Å²) < 4.78 is 26.9. The fourth-order valence-electron chi connectivity index (χ4n) is 2.89. The Balaban J connectivity index is 1.68. The first-order chi connectivity index (χ1) is 11.9. The molecule has 3 rings (SSSR count). The van der Waals surface area contributed by atoms with E-state index in [1.165, 1.54) is 5.56 Å². The van der Waals surface area contributed by atoms with Gasteiger partial charge < -0.3 is 5.32 Å². The van der Waals surface area contributed by atoms with Crippen LogP contribution in [-0.2, 0) is 4.79 Å². The number of nitrogens with one attached hydrogen (secondary N) is 2. The number of aryl methyl sites for hydroxylation is 1. The Morgan fingerprint density at radius 2 is 1.80 bits per heavy atom. The molecule has 132 valence electrons. The Morgan fingerprint density at radius 3 is 2.44 bits per heavy atom. The summed E-state index contributed by atoms with van der Waals surface area (Å²) in [5.74, 6) is -1.13. The Morgan fingerprint density at radius 1 is 1.12 bits per heavy atom. The monoisotopic (exact) mass is 344 g/mol. The van der Waals surface area contributed by atoms with Crippen molar-refractivity contribution in [1.29, 1.82) is 0 Å². The summed E-state index contributed by atoms with van der Waals surface area (Å²) >= 11 is 0. The van der Waals surface area contributed by atoms with E-state index in [2.05, 4.69) is 34.9 Å². The molecule has 1 fully saturated rings. The highest BCUT2D eigenvalue weighted by Crippen LogP contribution is 2.41. The van der Waals surface area contributed by atoms with Gasteiger partial charge in [-0.2, -0.15) is 0 Å². The molecule has 2 aromatic carbocycles. The first-order valence-electron chi connectivity index (χ1n) is 8.52. The van der Waals surface area contributed by atoms with Gasteiger partial charge in [0.1, 0.15) is 11.6 Å². The first-order valence-corrected chi connectivity index (χ1v) is 8.52. The van der Waals surface area contributed by atoms with Gasteiger partial charge in [-0.1, -0.05) is 29.8 Å². The minimum Gasteiger partial charge on any atom is -0.322 e. The van der Waals surface area contributed by atoms with Gasteiger partial charge in [0, 0.05) is 12.1 Å². The molecule has 2 N–H and O–H groups in total. The second kappa shape index (κ2) is 7.31. The smallest absolute Gasteiger partial charge is 0.241 e. The van der Waals surface area contributed by atoms with E-state index in [0.29, 0.717) is 5.92 Å². The molecule has 0 aliphatic heterocycles. The van der Waals surface area contributed by atoms with E-state index in [4.69, 9.17) is 0 Å². The number of anilines is 1. The molecule has 5 heteroatoms. The highest BCUT2D eigenvalue weighted by Gasteiger charge is 2.34. The van der Waals surface area contributed by atoms with E-state index >= 15 is 0 Å². The van der Waals surface area contributed by atoms with Crippen LogP contribution in [0.4, 0.5) is 14.5 Å². The van der Waals surface area contributed by atoms with Crippen LogP contribution < -0.4 is 10.6 Å². The SMILES string of the molecule is Cc1ccc([C@H](N[C@@H](C)C(=O)Nc2cc(F)ccc2F)C2CC2)cc1. The Labute approximate surface area is 146 Å². The molecule has 0 saturated heterocycles. The summed E-state index contributed by atoms with van der Waals surface area (Å²) in [7, 11) is 0. The summed E-state index contributed by atoms with van der Waals surface area (Å²) in [6.07, 6.45) is 2.25. The maximum absolute atomic E-state index is 13.7. The van der Waals surface area contributed by atoms with Gasteiger partial charge in [0.15, 0.2) is 0 Å². The van der Waals surface area contributed by atoms with Crippen molar-refractivity contribution in [3.63, 3.8) is 0 Å². The lowest BCUT2D eigenvalue weighted by Crippen LogP contribution is -2.41. The van der Waals surface area contributed by atoms with Gasteiger partial charge in [-0.15, -0.1) is 0 Å². The van der Waals surface area contributed by atoms with Crippen LogP contribution >= 0.6 is 0 Å². The number of rotatable bonds is 6. The molecule has 0 radical (unpaired) electrons. The van der Waals surface area contributed by atoms with Gasteiger partial charge in [0.05, 0.1) is 11.7 Å². The van der Waals surface area contributed by atoms with Crippen LogP contribution in [0.3, 0.4) is 0 Å². The van der Waals surface area contributed by atoms with Crippen molar-refractivity contribution in [3.8, 4) is 0 Å². The van der Waals surface area contributed by atoms with Gasteiger partial charge in [-0.05, 0) is 50.3 Å². The molecule has 3 nitrogen and oxygen atoms in total. The number of hydrogen-bond acceptors (Lipinski definition) is 2. The molecule has 25 heavy (non-hydrogen) atoms. The molecule has 1 saturated carbocycles. The van der Waals surface area contributed by atoms with Gasteiger partial charge in [-0.25, -0.2) is 8.78 Å². The maximum atomic E-state index is 13.7. The second-order valence-corrected chi connectivity index (χ2v) is 6.73. The third-order valence-electron chi connectivity index (χ3n) is 4.54. The number of carbonyl (C=O) groups excluding carboxylic acids is 1. The second-order valence-electron chi connectivity index (χ2n) is 6.73. The standard InChI is InChI=1S/C20H22F2N2O/c1-12-3-5-14(6-4-12)19(15-7-8-15)23-13(2)20(25)24-18-11-16(21)9-10-17(18)22/h3-6,9-11,13,15,19,23H,7-8H2,1-2H3,(H,24,25)/t13-,19-/m0/s1. The summed E-state index contributed by atoms with van der Waals surface area (Å²) in [4.78, 5) is 12.4. The normalized spacial score (nSPS) is 16.3. The first kappa shape index (κ1) is 17.5. The minimum absolute atomic E-state index is 0.0821. The van der Waals surface area contributed by atoms with E-state index in [1.54, 1.807) is 6.92 Å². The zero-order valence-electron chi connectivity index (χ0n) is 14.4. The molecule has 1 aliphatic rings. The molecule has 2 atom stereocenters. The van der Waals surface area contributed by atoms with E-state index in [0.717, 1.165) is 36.6 Å². The molecule has 0 unspecified atom stereocenters. The lowest BCUT2D eigenvalue weighted by Gasteiger charge is -2.23. The van der Waals surface area contributed by atoms with Gasteiger partial charge >= 0.3 is 0 Å². The van der Waals surface area contributed by atoms with Crippen LogP contribution in [0.5, 0.6) is 0 Å². The predicted molar refractivity (Wildman–Crippen MR) is 94.2 cm³/mol. The fraction of sp³-hybridized carbons (Fsp3) is 0.350. The average Bonchev–Trinajstić information content (AvgIpc) is 3.41. The van der Waals surface area contributed by atoms with Crippen molar-refractivity contribution in [3.05, 3.63) is 65.2 Å². The molecular weight excluding hydrogens is 322 g/mol. The summed E-state index contributed by atoms with van der Waals surface area (Å²) in [5, 5.41) is 5.80. The van der Waals surface area contributed by atoms with Crippen LogP contribution in [0.2, 0.25) is 0 Å². The Kier molecular flexibility index (Phi) is 5.13. The van der Waals surface area contributed by atoms with Crippen molar-refractivity contribution in [2.45, 2.75) is 38.8 Å². The molecule has 0 aromatic heterocycles. The van der Waals surface area contributed by atoms with E-state index in [-0.39, 0.29) is 17.6 Å². The zero-order chi connectivity index (χ0) is 18.0. The predicted octanol–water partition coefficient (Wildman–Crippen LogP) is 4.34. The van der Waals surface area contributed by atoms with E-state index in [1.807, 2.05) is 6.92 Å². The molecular formula is C20H22F2N2O. The minimum atomic E-state index is -0.653. The highest BCUT2D eigenvalue weighted by atomic mass is 19.1. The summed E-state index contributed by atoms with van der Waals surface area (Å²) in [6.45, 7) is 3.77. The van der Waals surface area contributed by atoms with Crippen molar-refractivity contribution in [2.75, 3.05) is 5.32 Å². The quantitative estimate of drug-likeness (QED) is 0.818. The fourth-order valence-corrected chi connectivity index (χ4v) is 2.89. The van der Waals surface area contributed by atoms with Gasteiger partial charge in [0.2, 0.25) is 5.91 Å². The third-order valence-corrected chi connectivity index (χ3v) is 4.54. The van der Waals surface area contributed by atoms with Crippen molar-refractivity contribution in [2.24, 2.45) is 5.92 Å². The Bertz CT molecular complexity index is 757. The van der Waals surface area contributed by atoms with Crippen molar-refractivity contribution < 1.29 is 13.6 Å². The molecule has 1 amide bonds. The lowest BCUT2D eigenvalue weighted by molar-refractivity contribution is -0.118. The van der Waals surface area contributed by atoms with Crippen LogP contribution in [0.1, 0.15) is 36.9 Å². The molecule has 0 bridgehead atoms. The van der Waals surface area contributed by atoms with E-state index < -0.39 is 17.7 Å². The number of halogens is 2. The molecule has 0 heterocycles. The van der Waals surface area contributed by atoms with Crippen LogP contribution in [-0.4, -0.2) is 11.9 Å². The summed E-state index contributed by atoms with van der Waals surface area (Å²) in [5.41, 5.74) is 2.19. The topological polar surface area (TPSA) is 41.1 Å². The zero-order valence-corrected chi connectivity index (χ0v) is 14.4. The molecule has 2 aromatic rings. The van der Waals surface area contributed by atoms with Crippen molar-refractivity contribution in [1.82, 2.24) is 5.32 Å². The van der Waals surface area contributed by atoms with Crippen LogP contribution in [0.15, 0.2) is 42.5 Å². The van der Waals surface area contributed by atoms with Crippen molar-refractivity contribution >= 4 is 11.6 Å². The largest absolute Gasteiger partial charge is 0.322 e. The highest BCUT2D eigenvalue weighted by molar-refractivity contribution is 5.94. The molecule has 0 spiro atoms. The van der Waals surface area contributed by atoms with Crippen LogP contribution in [0, 0.1) is 24.5 Å². The maximum Gasteiger partial charge on any atom is 0.241 e. The van der Waals surface area contributed by atoms with E-state index in [9.17, 15) is 13.6 Å².